The van der Waals surface area contributed by atoms with E-state index >= 15 is 0 Å². The summed E-state index contributed by atoms with van der Waals surface area (Å²) in [7, 11) is 0. The van der Waals surface area contributed by atoms with Gasteiger partial charge in [-0.1, -0.05) is 34.6 Å². The van der Waals surface area contributed by atoms with Crippen molar-refractivity contribution in [2.24, 2.45) is 16.7 Å². The van der Waals surface area contributed by atoms with Crippen molar-refractivity contribution in [3.63, 3.8) is 0 Å². The molecule has 0 aromatic carbocycles. The minimum atomic E-state index is -5.70. The average Bonchev–Trinajstić information content (AvgIpc) is 2.19. The number of alkyl halides is 6. The largest absolute Gasteiger partial charge is 0.442 e. The van der Waals surface area contributed by atoms with E-state index in [4.69, 9.17) is 0 Å². The van der Waals surface area contributed by atoms with E-state index in [1.807, 2.05) is 0 Å². The van der Waals surface area contributed by atoms with Gasteiger partial charge in [0.2, 0.25) is 0 Å². The van der Waals surface area contributed by atoms with Crippen LogP contribution in [0.15, 0.2) is 0 Å². The fourth-order valence-electron chi connectivity index (χ4n) is 2.17. The van der Waals surface area contributed by atoms with E-state index < -0.39 is 41.2 Å². The third-order valence-electron chi connectivity index (χ3n) is 3.46. The van der Waals surface area contributed by atoms with Gasteiger partial charge in [-0.05, 0) is 24.7 Å². The first kappa shape index (κ1) is 21.0. The van der Waals surface area contributed by atoms with Crippen LogP contribution in [0.25, 0.3) is 0 Å². The maximum atomic E-state index is 12.5. The molecule has 0 aromatic heterocycles. The molecule has 0 aliphatic carbocycles. The van der Waals surface area contributed by atoms with Crippen molar-refractivity contribution in [3.8, 4) is 0 Å². The molecular weight excluding hydrogens is 314 g/mol. The number of carbonyl (C=O) groups is 1. The van der Waals surface area contributed by atoms with E-state index in [0.29, 0.717) is 0 Å². The highest BCUT2D eigenvalue weighted by molar-refractivity contribution is 5.77. The van der Waals surface area contributed by atoms with E-state index in [1.165, 1.54) is 6.92 Å². The van der Waals surface area contributed by atoms with Crippen molar-refractivity contribution in [2.75, 3.05) is 0 Å². The quantitative estimate of drug-likeness (QED) is 0.526. The van der Waals surface area contributed by atoms with Crippen LogP contribution in [-0.2, 0) is 9.53 Å². The molecule has 0 saturated heterocycles. The van der Waals surface area contributed by atoms with Gasteiger partial charge in [0.25, 0.3) is 6.10 Å². The minimum absolute atomic E-state index is 0.0962. The van der Waals surface area contributed by atoms with Gasteiger partial charge in [0.05, 0.1) is 5.41 Å². The van der Waals surface area contributed by atoms with Crippen LogP contribution in [-0.4, -0.2) is 24.4 Å². The average molecular weight is 336 g/mol. The number of rotatable bonds is 4. The number of hydrogen-bond donors (Lipinski definition) is 0. The molecule has 0 rings (SSSR count). The SMILES string of the molecule is CC(C)[C@@](C)(CC(C)(C)C)C(=O)OC(C(F)(F)F)C(F)(F)F. The maximum Gasteiger partial charge on any atom is 0.434 e. The molecule has 0 fully saturated rings. The Morgan fingerprint density at radius 1 is 0.909 bits per heavy atom. The highest BCUT2D eigenvalue weighted by Gasteiger charge is 2.61. The molecule has 22 heavy (non-hydrogen) atoms. The summed E-state index contributed by atoms with van der Waals surface area (Å²) >= 11 is 0. The van der Waals surface area contributed by atoms with E-state index in [1.54, 1.807) is 34.6 Å². The molecule has 0 saturated carbocycles. The monoisotopic (exact) mass is 336 g/mol. The van der Waals surface area contributed by atoms with Crippen LogP contribution in [0.2, 0.25) is 0 Å². The lowest BCUT2D eigenvalue weighted by Crippen LogP contribution is -2.49. The Labute approximate surface area is 126 Å². The molecule has 0 unspecified atom stereocenters. The van der Waals surface area contributed by atoms with E-state index in [2.05, 4.69) is 4.74 Å². The van der Waals surface area contributed by atoms with Crippen LogP contribution < -0.4 is 0 Å². The van der Waals surface area contributed by atoms with Gasteiger partial charge in [-0.2, -0.15) is 26.3 Å². The van der Waals surface area contributed by atoms with Crippen molar-refractivity contribution in [3.05, 3.63) is 0 Å². The topological polar surface area (TPSA) is 26.3 Å². The van der Waals surface area contributed by atoms with Crippen molar-refractivity contribution in [1.82, 2.24) is 0 Å². The summed E-state index contributed by atoms with van der Waals surface area (Å²) in [6, 6.07) is 0. The van der Waals surface area contributed by atoms with Gasteiger partial charge in [0, 0.05) is 0 Å². The predicted octanol–water partition coefficient (Wildman–Crippen LogP) is 5.12. The summed E-state index contributed by atoms with van der Waals surface area (Å²) in [6.07, 6.45) is -15.4. The Hall–Kier alpha value is -0.950. The lowest BCUT2D eigenvalue weighted by Gasteiger charge is -2.38. The van der Waals surface area contributed by atoms with Crippen molar-refractivity contribution >= 4 is 5.97 Å². The Morgan fingerprint density at radius 2 is 1.27 bits per heavy atom. The molecule has 0 aliphatic heterocycles. The van der Waals surface area contributed by atoms with Gasteiger partial charge < -0.3 is 4.74 Å². The summed E-state index contributed by atoms with van der Waals surface area (Å²) in [5, 5.41) is 0. The third-order valence-corrected chi connectivity index (χ3v) is 3.46. The zero-order chi connectivity index (χ0) is 18.1. The van der Waals surface area contributed by atoms with Crippen LogP contribution in [0.3, 0.4) is 0 Å². The fraction of sp³-hybridized carbons (Fsp3) is 0.929. The Kier molecular flexibility index (Phi) is 6.00. The number of hydrogen-bond acceptors (Lipinski definition) is 2. The molecule has 0 spiro atoms. The Morgan fingerprint density at radius 3 is 1.50 bits per heavy atom. The van der Waals surface area contributed by atoms with Gasteiger partial charge in [-0.15, -0.1) is 0 Å². The first-order valence-corrected chi connectivity index (χ1v) is 6.76. The predicted molar refractivity (Wildman–Crippen MR) is 69.0 cm³/mol. The van der Waals surface area contributed by atoms with Crippen LogP contribution in [0.1, 0.15) is 48.0 Å². The molecule has 0 bridgehead atoms. The van der Waals surface area contributed by atoms with Gasteiger partial charge in [-0.25, -0.2) is 0 Å². The lowest BCUT2D eigenvalue weighted by atomic mass is 9.69. The first-order chi connectivity index (χ1) is 9.41. The van der Waals surface area contributed by atoms with Crippen LogP contribution in [0.4, 0.5) is 26.3 Å². The van der Waals surface area contributed by atoms with Crippen molar-refractivity contribution in [2.45, 2.75) is 66.4 Å². The van der Waals surface area contributed by atoms with E-state index in [-0.39, 0.29) is 6.42 Å². The van der Waals surface area contributed by atoms with Gasteiger partial charge in [0.1, 0.15) is 0 Å². The summed E-state index contributed by atoms with van der Waals surface area (Å²) in [4.78, 5) is 12.1. The standard InChI is InChI=1S/C14H22F6O2/c1-8(2)12(6,7-11(3,4)5)10(21)22-9(13(15,16)17)14(18,19)20/h8-9H,7H2,1-6H3/t12-/m1/s1. The summed E-state index contributed by atoms with van der Waals surface area (Å²) < 4.78 is 78.9. The summed E-state index contributed by atoms with van der Waals surface area (Å²) in [5.41, 5.74) is -1.92. The van der Waals surface area contributed by atoms with Crippen molar-refractivity contribution in [1.29, 1.82) is 0 Å². The molecule has 2 nitrogen and oxygen atoms in total. The summed E-state index contributed by atoms with van der Waals surface area (Å²) in [6.45, 7) is 9.67. The lowest BCUT2D eigenvalue weighted by molar-refractivity contribution is -0.316. The zero-order valence-corrected chi connectivity index (χ0v) is 13.4. The number of halogens is 6. The smallest absolute Gasteiger partial charge is 0.434 e. The van der Waals surface area contributed by atoms with Gasteiger partial charge in [0.15, 0.2) is 0 Å². The Bertz CT molecular complexity index is 378. The molecule has 0 radical (unpaired) electrons. The molecule has 0 heterocycles. The number of ether oxygens (including phenoxy) is 1. The highest BCUT2D eigenvalue weighted by atomic mass is 19.4. The second-order valence-corrected chi connectivity index (χ2v) is 7.18. The highest BCUT2D eigenvalue weighted by Crippen LogP contribution is 2.43. The van der Waals surface area contributed by atoms with Crippen LogP contribution >= 0.6 is 0 Å². The molecule has 8 heteroatoms. The van der Waals surface area contributed by atoms with Gasteiger partial charge >= 0.3 is 18.3 Å². The molecule has 0 amide bonds. The fourth-order valence-corrected chi connectivity index (χ4v) is 2.17. The zero-order valence-electron chi connectivity index (χ0n) is 13.4. The minimum Gasteiger partial charge on any atom is -0.442 e. The van der Waals surface area contributed by atoms with Crippen LogP contribution in [0.5, 0.6) is 0 Å². The maximum absolute atomic E-state index is 12.5. The number of esters is 1. The molecule has 0 aromatic rings. The normalized spacial score (nSPS) is 16.8. The molecule has 132 valence electrons. The molecule has 1 atom stereocenters. The first-order valence-electron chi connectivity index (χ1n) is 6.76. The second kappa shape index (κ2) is 6.28. The van der Waals surface area contributed by atoms with Gasteiger partial charge in [-0.3, -0.25) is 4.79 Å². The molecule has 0 N–H and O–H groups in total. The van der Waals surface area contributed by atoms with E-state index in [9.17, 15) is 31.1 Å². The second-order valence-electron chi connectivity index (χ2n) is 7.18. The molecule has 0 aliphatic rings. The van der Waals surface area contributed by atoms with E-state index in [0.717, 1.165) is 0 Å². The Balaban J connectivity index is 5.51. The number of carbonyl (C=O) groups excluding carboxylic acids is 1. The summed E-state index contributed by atoms with van der Waals surface area (Å²) in [5.74, 6) is -1.97. The van der Waals surface area contributed by atoms with Crippen LogP contribution in [0, 0.1) is 16.7 Å². The third kappa shape index (κ3) is 5.68. The van der Waals surface area contributed by atoms with Crippen molar-refractivity contribution < 1.29 is 35.9 Å². The molecular formula is C14H22F6O2.